The molecule has 120 valence electrons. The Balaban J connectivity index is 1.80. The molecule has 0 saturated heterocycles. The molecule has 0 atom stereocenters. The van der Waals surface area contributed by atoms with Crippen molar-refractivity contribution in [2.24, 2.45) is 0 Å². The van der Waals surface area contributed by atoms with Crippen LogP contribution >= 0.6 is 11.3 Å². The van der Waals surface area contributed by atoms with Crippen LogP contribution in [0.3, 0.4) is 0 Å². The van der Waals surface area contributed by atoms with Gasteiger partial charge >= 0.3 is 5.97 Å². The lowest BCUT2D eigenvalue weighted by Gasteiger charge is -2.07. The fraction of sp³-hybridized carbons (Fsp3) is 0.176. The van der Waals surface area contributed by atoms with E-state index in [4.69, 9.17) is 5.11 Å². The van der Waals surface area contributed by atoms with E-state index in [2.05, 4.69) is 10.3 Å². The van der Waals surface area contributed by atoms with Crippen molar-refractivity contribution >= 4 is 35.0 Å². The quantitative estimate of drug-likeness (QED) is 0.643. The first-order chi connectivity index (χ1) is 11.6. The molecule has 6 nitrogen and oxygen atoms in total. The molecule has 2 aromatic rings. The molecule has 1 aliphatic rings. The van der Waals surface area contributed by atoms with Crippen LogP contribution in [0.1, 0.15) is 39.8 Å². The lowest BCUT2D eigenvalue weighted by atomic mass is 10.1. The number of para-hydroxylation sites is 1. The predicted molar refractivity (Wildman–Crippen MR) is 89.7 cm³/mol. The highest BCUT2D eigenvalue weighted by atomic mass is 32.1. The summed E-state index contributed by atoms with van der Waals surface area (Å²) in [6.07, 6.45) is 3.68. The number of anilines is 1. The van der Waals surface area contributed by atoms with Crippen molar-refractivity contribution in [3.63, 3.8) is 0 Å². The molecule has 1 aromatic carbocycles. The number of nitriles is 1. The highest BCUT2D eigenvalue weighted by Gasteiger charge is 2.26. The van der Waals surface area contributed by atoms with Gasteiger partial charge in [-0.25, -0.2) is 9.78 Å². The number of aromatic carboxylic acids is 1. The molecule has 1 aliphatic carbocycles. The second-order valence-corrected chi connectivity index (χ2v) is 6.25. The smallest absolute Gasteiger partial charge is 0.337 e. The van der Waals surface area contributed by atoms with Crippen molar-refractivity contribution < 1.29 is 14.7 Å². The van der Waals surface area contributed by atoms with Crippen LogP contribution in [-0.4, -0.2) is 22.0 Å². The van der Waals surface area contributed by atoms with Crippen LogP contribution in [0.4, 0.5) is 5.69 Å². The number of rotatable bonds is 5. The number of thiazole rings is 1. The van der Waals surface area contributed by atoms with E-state index < -0.39 is 11.9 Å². The van der Waals surface area contributed by atoms with Crippen LogP contribution in [0.5, 0.6) is 0 Å². The summed E-state index contributed by atoms with van der Waals surface area (Å²) < 4.78 is 0. The number of nitrogens with one attached hydrogen (secondary N) is 1. The van der Waals surface area contributed by atoms with Crippen molar-refractivity contribution in [1.29, 1.82) is 5.26 Å². The number of carboxylic acid groups (broad SMARTS) is 1. The molecule has 1 aromatic heterocycles. The summed E-state index contributed by atoms with van der Waals surface area (Å²) in [6.45, 7) is 0. The number of amides is 1. The summed E-state index contributed by atoms with van der Waals surface area (Å²) in [5.41, 5.74) is 0.559. The molecular formula is C17H13N3O3S. The van der Waals surface area contributed by atoms with Crippen molar-refractivity contribution in [2.45, 2.75) is 18.8 Å². The van der Waals surface area contributed by atoms with Crippen LogP contribution in [-0.2, 0) is 4.79 Å². The summed E-state index contributed by atoms with van der Waals surface area (Å²) in [7, 11) is 0. The Bertz CT molecular complexity index is 875. The van der Waals surface area contributed by atoms with E-state index in [0.29, 0.717) is 11.6 Å². The number of carbonyl (C=O) groups is 2. The van der Waals surface area contributed by atoms with Crippen molar-refractivity contribution in [1.82, 2.24) is 4.98 Å². The van der Waals surface area contributed by atoms with Gasteiger partial charge in [0.2, 0.25) is 0 Å². The van der Waals surface area contributed by atoms with Crippen LogP contribution in [0.2, 0.25) is 0 Å². The summed E-state index contributed by atoms with van der Waals surface area (Å²) in [5.74, 6) is -1.30. The molecular weight excluding hydrogens is 326 g/mol. The first-order valence-electron chi connectivity index (χ1n) is 7.29. The summed E-state index contributed by atoms with van der Waals surface area (Å²) in [4.78, 5) is 27.8. The number of carboxylic acids is 1. The van der Waals surface area contributed by atoms with E-state index >= 15 is 0 Å². The maximum atomic E-state index is 12.3. The molecule has 7 heteroatoms. The minimum Gasteiger partial charge on any atom is -0.478 e. The SMILES string of the molecule is N#C/C(=C\c1csc(C2CC2)n1)C(=O)Nc1ccccc1C(=O)O. The molecule has 0 aliphatic heterocycles. The Labute approximate surface area is 142 Å². The number of carbonyl (C=O) groups excluding carboxylic acids is 1. The largest absolute Gasteiger partial charge is 0.478 e. The van der Waals surface area contributed by atoms with Gasteiger partial charge < -0.3 is 10.4 Å². The van der Waals surface area contributed by atoms with Gasteiger partial charge in [0.1, 0.15) is 11.6 Å². The zero-order chi connectivity index (χ0) is 17.1. The third-order valence-electron chi connectivity index (χ3n) is 3.53. The van der Waals surface area contributed by atoms with Gasteiger partial charge in [0.25, 0.3) is 5.91 Å². The van der Waals surface area contributed by atoms with Gasteiger partial charge in [0.15, 0.2) is 0 Å². The maximum absolute atomic E-state index is 12.3. The van der Waals surface area contributed by atoms with Gasteiger partial charge in [-0.2, -0.15) is 5.26 Å². The van der Waals surface area contributed by atoms with E-state index in [1.54, 1.807) is 12.1 Å². The Kier molecular flexibility index (Phi) is 4.40. The van der Waals surface area contributed by atoms with Crippen LogP contribution in [0.15, 0.2) is 35.2 Å². The molecule has 1 heterocycles. The lowest BCUT2D eigenvalue weighted by molar-refractivity contribution is -0.112. The normalized spacial score (nSPS) is 14.0. The zero-order valence-corrected chi connectivity index (χ0v) is 13.3. The van der Waals surface area contributed by atoms with Gasteiger partial charge in [0.05, 0.1) is 22.0 Å². The van der Waals surface area contributed by atoms with Crippen LogP contribution in [0, 0.1) is 11.3 Å². The van der Waals surface area contributed by atoms with Crippen LogP contribution < -0.4 is 5.32 Å². The zero-order valence-electron chi connectivity index (χ0n) is 12.5. The standard InChI is InChI=1S/C17H13N3O3S/c18-8-11(7-12-9-24-16(19-12)10-5-6-10)15(21)20-14-4-2-1-3-13(14)17(22)23/h1-4,7,9-10H,5-6H2,(H,20,21)(H,22,23)/b11-7+. The molecule has 0 radical (unpaired) electrons. The van der Waals surface area contributed by atoms with Gasteiger partial charge in [-0.3, -0.25) is 4.79 Å². The fourth-order valence-electron chi connectivity index (χ4n) is 2.15. The van der Waals surface area contributed by atoms with E-state index in [0.717, 1.165) is 17.8 Å². The molecule has 0 bridgehead atoms. The van der Waals surface area contributed by atoms with Gasteiger partial charge in [-0.05, 0) is 31.1 Å². The predicted octanol–water partition coefficient (Wildman–Crippen LogP) is 3.26. The molecule has 0 unspecified atom stereocenters. The summed E-state index contributed by atoms with van der Waals surface area (Å²) in [6, 6.07) is 7.88. The van der Waals surface area contributed by atoms with Crippen molar-refractivity contribution in [3.05, 3.63) is 51.5 Å². The Morgan fingerprint density at radius 2 is 2.12 bits per heavy atom. The third kappa shape index (κ3) is 3.50. The van der Waals surface area contributed by atoms with E-state index in [1.165, 1.54) is 29.5 Å². The number of benzene rings is 1. The van der Waals surface area contributed by atoms with E-state index in [9.17, 15) is 14.9 Å². The number of hydrogen-bond acceptors (Lipinski definition) is 5. The highest BCUT2D eigenvalue weighted by Crippen LogP contribution is 2.41. The Morgan fingerprint density at radius 3 is 2.79 bits per heavy atom. The molecule has 1 amide bonds. The van der Waals surface area contributed by atoms with Crippen molar-refractivity contribution in [2.75, 3.05) is 5.32 Å². The molecule has 2 N–H and O–H groups in total. The lowest BCUT2D eigenvalue weighted by Crippen LogP contribution is -2.16. The maximum Gasteiger partial charge on any atom is 0.337 e. The number of nitrogens with zero attached hydrogens (tertiary/aromatic N) is 2. The topological polar surface area (TPSA) is 103 Å². The number of hydrogen-bond donors (Lipinski definition) is 2. The van der Waals surface area contributed by atoms with Gasteiger partial charge in [-0.1, -0.05) is 12.1 Å². The fourth-order valence-corrected chi connectivity index (χ4v) is 3.10. The molecule has 3 rings (SSSR count). The van der Waals surface area contributed by atoms with Gasteiger partial charge in [0, 0.05) is 11.3 Å². The molecule has 24 heavy (non-hydrogen) atoms. The second kappa shape index (κ2) is 6.64. The summed E-state index contributed by atoms with van der Waals surface area (Å²) >= 11 is 1.52. The monoisotopic (exact) mass is 339 g/mol. The third-order valence-corrected chi connectivity index (χ3v) is 4.55. The Hall–Kier alpha value is -2.98. The molecule has 1 fully saturated rings. The summed E-state index contributed by atoms with van der Waals surface area (Å²) in [5, 5.41) is 23.7. The molecule has 0 spiro atoms. The second-order valence-electron chi connectivity index (χ2n) is 5.36. The minimum absolute atomic E-state index is 0.0344. The van der Waals surface area contributed by atoms with E-state index in [-0.39, 0.29) is 16.8 Å². The average Bonchev–Trinajstić information content (AvgIpc) is 3.32. The Morgan fingerprint density at radius 1 is 1.38 bits per heavy atom. The van der Waals surface area contributed by atoms with Crippen molar-refractivity contribution in [3.8, 4) is 6.07 Å². The highest BCUT2D eigenvalue weighted by molar-refractivity contribution is 7.09. The first-order valence-corrected chi connectivity index (χ1v) is 8.17. The van der Waals surface area contributed by atoms with Crippen LogP contribution in [0.25, 0.3) is 6.08 Å². The van der Waals surface area contributed by atoms with Gasteiger partial charge in [-0.15, -0.1) is 11.3 Å². The minimum atomic E-state index is -1.15. The average molecular weight is 339 g/mol. The molecule has 1 saturated carbocycles. The first kappa shape index (κ1) is 15.9. The van der Waals surface area contributed by atoms with E-state index in [1.807, 2.05) is 11.4 Å². The number of aromatic nitrogens is 1.